The second-order valence-electron chi connectivity index (χ2n) is 4.52. The van der Waals surface area contributed by atoms with Crippen LogP contribution >= 0.6 is 11.6 Å². The molecule has 0 aliphatic carbocycles. The first-order chi connectivity index (χ1) is 9.85. The summed E-state index contributed by atoms with van der Waals surface area (Å²) >= 11 is 6.05. The van der Waals surface area contributed by atoms with E-state index < -0.39 is 6.36 Å². The van der Waals surface area contributed by atoms with Crippen LogP contribution in [-0.4, -0.2) is 6.36 Å². The van der Waals surface area contributed by atoms with Gasteiger partial charge in [-0.3, -0.25) is 0 Å². The van der Waals surface area contributed by atoms with E-state index in [0.717, 1.165) is 5.56 Å². The summed E-state index contributed by atoms with van der Waals surface area (Å²) in [5, 5.41) is 0.616. The molecule has 0 aliphatic rings. The second-order valence-corrected chi connectivity index (χ2v) is 4.93. The third kappa shape index (κ3) is 4.65. The Balaban J connectivity index is 2.06. The Labute approximate surface area is 125 Å². The third-order valence-corrected chi connectivity index (χ3v) is 3.31. The average Bonchev–Trinajstić information content (AvgIpc) is 2.40. The zero-order chi connectivity index (χ0) is 15.5. The van der Waals surface area contributed by atoms with Crippen molar-refractivity contribution in [1.29, 1.82) is 0 Å². The number of ether oxygens (including phenoxy) is 1. The van der Waals surface area contributed by atoms with E-state index in [4.69, 9.17) is 17.3 Å². The monoisotopic (exact) mass is 315 g/mol. The van der Waals surface area contributed by atoms with Crippen molar-refractivity contribution in [3.05, 3.63) is 64.7 Å². The lowest BCUT2D eigenvalue weighted by Gasteiger charge is -2.14. The normalized spacial score (nSPS) is 13.0. The van der Waals surface area contributed by atoms with Crippen molar-refractivity contribution < 1.29 is 17.9 Å². The smallest absolute Gasteiger partial charge is 0.406 e. The molecule has 0 fully saturated rings. The Morgan fingerprint density at radius 1 is 1.05 bits per heavy atom. The number of rotatable bonds is 4. The molecule has 0 saturated heterocycles. The van der Waals surface area contributed by atoms with Crippen molar-refractivity contribution in [2.45, 2.75) is 18.8 Å². The number of nitrogens with two attached hydrogens (primary N) is 1. The van der Waals surface area contributed by atoms with Gasteiger partial charge in [-0.05, 0) is 35.7 Å². The Morgan fingerprint density at radius 3 is 2.24 bits per heavy atom. The van der Waals surface area contributed by atoms with Crippen molar-refractivity contribution in [1.82, 2.24) is 0 Å². The highest BCUT2D eigenvalue weighted by molar-refractivity contribution is 6.31. The topological polar surface area (TPSA) is 35.2 Å². The molecule has 1 unspecified atom stereocenters. The lowest BCUT2D eigenvalue weighted by molar-refractivity contribution is -0.274. The fraction of sp³-hybridized carbons (Fsp3) is 0.200. The molecule has 0 saturated carbocycles. The molecule has 2 rings (SSSR count). The van der Waals surface area contributed by atoms with Crippen LogP contribution in [0.15, 0.2) is 48.5 Å². The zero-order valence-corrected chi connectivity index (χ0v) is 11.7. The van der Waals surface area contributed by atoms with E-state index in [0.29, 0.717) is 17.0 Å². The maximum Gasteiger partial charge on any atom is 0.573 e. The van der Waals surface area contributed by atoms with Gasteiger partial charge in [-0.1, -0.05) is 41.9 Å². The maximum atomic E-state index is 12.1. The third-order valence-electron chi connectivity index (χ3n) is 2.94. The fourth-order valence-corrected chi connectivity index (χ4v) is 2.15. The number of hydrogen-bond donors (Lipinski definition) is 1. The van der Waals surface area contributed by atoms with Gasteiger partial charge in [0, 0.05) is 11.1 Å². The van der Waals surface area contributed by atoms with Crippen LogP contribution in [0, 0.1) is 0 Å². The fourth-order valence-electron chi connectivity index (χ4n) is 1.94. The summed E-state index contributed by atoms with van der Waals surface area (Å²) in [6.07, 6.45) is -4.19. The molecule has 6 heteroatoms. The van der Waals surface area contributed by atoms with Crippen LogP contribution in [0.4, 0.5) is 13.2 Å². The van der Waals surface area contributed by atoms with Gasteiger partial charge in [0.15, 0.2) is 0 Å². The molecule has 0 heterocycles. The quantitative estimate of drug-likeness (QED) is 0.902. The van der Waals surface area contributed by atoms with Crippen molar-refractivity contribution in [2.24, 2.45) is 5.73 Å². The Morgan fingerprint density at radius 2 is 1.67 bits per heavy atom. The van der Waals surface area contributed by atoms with Gasteiger partial charge in [0.05, 0.1) is 0 Å². The molecule has 2 N–H and O–H groups in total. The van der Waals surface area contributed by atoms with Crippen molar-refractivity contribution >= 4 is 11.6 Å². The number of halogens is 4. The first-order valence-electron chi connectivity index (χ1n) is 6.20. The lowest BCUT2D eigenvalue weighted by Crippen LogP contribution is -2.17. The zero-order valence-electron chi connectivity index (χ0n) is 10.9. The lowest BCUT2D eigenvalue weighted by atomic mass is 9.99. The number of hydrogen-bond acceptors (Lipinski definition) is 2. The molecule has 112 valence electrons. The van der Waals surface area contributed by atoms with Gasteiger partial charge in [-0.2, -0.15) is 0 Å². The molecule has 0 amide bonds. The van der Waals surface area contributed by atoms with Gasteiger partial charge in [-0.15, -0.1) is 13.2 Å². The first kappa shape index (κ1) is 15.7. The summed E-state index contributed by atoms with van der Waals surface area (Å²) in [6.45, 7) is 0. The van der Waals surface area contributed by atoms with E-state index in [2.05, 4.69) is 4.74 Å². The van der Waals surface area contributed by atoms with Gasteiger partial charge in [0.2, 0.25) is 0 Å². The van der Waals surface area contributed by atoms with Gasteiger partial charge in [-0.25, -0.2) is 0 Å². The molecule has 2 aromatic carbocycles. The van der Waals surface area contributed by atoms with E-state index in [1.165, 1.54) is 24.3 Å². The Bertz CT molecular complexity index is 599. The molecule has 2 aromatic rings. The average molecular weight is 316 g/mol. The SMILES string of the molecule is NC(Cc1ccccc1Cl)c1ccc(OC(F)(F)F)cc1. The van der Waals surface area contributed by atoms with Crippen LogP contribution < -0.4 is 10.5 Å². The second kappa shape index (κ2) is 6.37. The van der Waals surface area contributed by atoms with Crippen molar-refractivity contribution in [3.8, 4) is 5.75 Å². The van der Waals surface area contributed by atoms with Gasteiger partial charge in [0.25, 0.3) is 0 Å². The molecule has 0 radical (unpaired) electrons. The molecular formula is C15H13ClF3NO. The summed E-state index contributed by atoms with van der Waals surface area (Å²) in [5.41, 5.74) is 7.66. The Hall–Kier alpha value is -1.72. The highest BCUT2D eigenvalue weighted by atomic mass is 35.5. The standard InChI is InChI=1S/C15H13ClF3NO/c16-13-4-2-1-3-11(13)9-14(20)10-5-7-12(8-6-10)21-15(17,18)19/h1-8,14H,9,20H2. The van der Waals surface area contributed by atoms with Crippen LogP contribution in [0.1, 0.15) is 17.2 Å². The predicted molar refractivity (Wildman–Crippen MR) is 75.2 cm³/mol. The summed E-state index contributed by atoms with van der Waals surface area (Å²) in [4.78, 5) is 0. The minimum atomic E-state index is -4.69. The van der Waals surface area contributed by atoms with E-state index in [1.54, 1.807) is 6.07 Å². The van der Waals surface area contributed by atoms with Gasteiger partial charge < -0.3 is 10.5 Å². The number of alkyl halides is 3. The summed E-state index contributed by atoms with van der Waals surface area (Å²) in [6, 6.07) is 12.5. The van der Waals surface area contributed by atoms with Crippen molar-refractivity contribution in [3.63, 3.8) is 0 Å². The van der Waals surface area contributed by atoms with E-state index in [-0.39, 0.29) is 11.8 Å². The summed E-state index contributed by atoms with van der Waals surface area (Å²) in [7, 11) is 0. The highest BCUT2D eigenvalue weighted by Gasteiger charge is 2.31. The van der Waals surface area contributed by atoms with Crippen LogP contribution in [-0.2, 0) is 6.42 Å². The maximum absolute atomic E-state index is 12.1. The largest absolute Gasteiger partial charge is 0.573 e. The summed E-state index contributed by atoms with van der Waals surface area (Å²) < 4.78 is 40.0. The molecule has 0 aromatic heterocycles. The molecule has 1 atom stereocenters. The van der Waals surface area contributed by atoms with Crippen LogP contribution in [0.3, 0.4) is 0 Å². The Kier molecular flexibility index (Phi) is 4.75. The molecular weight excluding hydrogens is 303 g/mol. The van der Waals surface area contributed by atoms with Crippen LogP contribution in [0.2, 0.25) is 5.02 Å². The summed E-state index contributed by atoms with van der Waals surface area (Å²) in [5.74, 6) is -0.267. The first-order valence-corrected chi connectivity index (χ1v) is 6.57. The van der Waals surface area contributed by atoms with Gasteiger partial charge >= 0.3 is 6.36 Å². The van der Waals surface area contributed by atoms with Gasteiger partial charge in [0.1, 0.15) is 5.75 Å². The van der Waals surface area contributed by atoms with E-state index in [1.807, 2.05) is 18.2 Å². The molecule has 0 spiro atoms. The van der Waals surface area contributed by atoms with Crippen LogP contribution in [0.25, 0.3) is 0 Å². The van der Waals surface area contributed by atoms with E-state index >= 15 is 0 Å². The minimum absolute atomic E-state index is 0.267. The molecule has 0 aliphatic heterocycles. The molecule has 0 bridgehead atoms. The molecule has 21 heavy (non-hydrogen) atoms. The van der Waals surface area contributed by atoms with E-state index in [9.17, 15) is 13.2 Å². The van der Waals surface area contributed by atoms with Crippen molar-refractivity contribution in [2.75, 3.05) is 0 Å². The molecule has 2 nitrogen and oxygen atoms in total. The minimum Gasteiger partial charge on any atom is -0.406 e. The number of benzene rings is 2. The highest BCUT2D eigenvalue weighted by Crippen LogP contribution is 2.26. The van der Waals surface area contributed by atoms with Crippen LogP contribution in [0.5, 0.6) is 5.75 Å². The predicted octanol–water partition coefficient (Wildman–Crippen LogP) is 4.48.